The van der Waals surface area contributed by atoms with Gasteiger partial charge >= 0.3 is 0 Å². The largest absolute Gasteiger partial charge is 0.342 e. The first-order valence-electron chi connectivity index (χ1n) is 9.68. The van der Waals surface area contributed by atoms with Gasteiger partial charge in [-0.15, -0.1) is 0 Å². The van der Waals surface area contributed by atoms with Gasteiger partial charge in [0.1, 0.15) is 5.82 Å². The molecule has 0 amide bonds. The van der Waals surface area contributed by atoms with E-state index < -0.39 is 0 Å². The normalized spacial score (nSPS) is 14.7. The molecular formula is C24H22N4. The highest BCUT2D eigenvalue weighted by atomic mass is 15.2. The smallest absolute Gasteiger partial charge is 0.112 e. The van der Waals surface area contributed by atoms with Crippen molar-refractivity contribution in [3.63, 3.8) is 0 Å². The molecule has 0 radical (unpaired) electrons. The van der Waals surface area contributed by atoms with Gasteiger partial charge in [0, 0.05) is 42.9 Å². The number of benzene rings is 2. The fourth-order valence-electron chi connectivity index (χ4n) is 3.74. The minimum Gasteiger partial charge on any atom is -0.342 e. The lowest BCUT2D eigenvalue weighted by Gasteiger charge is -2.38. The maximum absolute atomic E-state index is 4.63. The van der Waals surface area contributed by atoms with Crippen LogP contribution in [0.25, 0.3) is 22.5 Å². The lowest BCUT2D eigenvalue weighted by Crippen LogP contribution is -2.44. The molecule has 2 aromatic carbocycles. The Kier molecular flexibility index (Phi) is 4.47. The lowest BCUT2D eigenvalue weighted by molar-refractivity contribution is 0.135. The van der Waals surface area contributed by atoms with E-state index in [1.165, 1.54) is 5.56 Å². The summed E-state index contributed by atoms with van der Waals surface area (Å²) < 4.78 is 0. The molecule has 4 heteroatoms. The van der Waals surface area contributed by atoms with Crippen molar-refractivity contribution in [3.05, 3.63) is 96.6 Å². The topological polar surface area (TPSA) is 44.8 Å². The van der Waals surface area contributed by atoms with E-state index in [0.29, 0.717) is 5.92 Å². The summed E-state index contributed by atoms with van der Waals surface area (Å²) >= 11 is 0. The highest BCUT2D eigenvalue weighted by Gasteiger charge is 2.30. The molecule has 1 saturated heterocycles. The van der Waals surface area contributed by atoms with Gasteiger partial charge in [-0.1, -0.05) is 60.7 Å². The Morgan fingerprint density at radius 3 is 2.25 bits per heavy atom. The first kappa shape index (κ1) is 16.9. The van der Waals surface area contributed by atoms with Crippen molar-refractivity contribution in [3.8, 4) is 22.5 Å². The summed E-state index contributed by atoms with van der Waals surface area (Å²) in [6.07, 6.45) is 3.84. The van der Waals surface area contributed by atoms with E-state index in [2.05, 4.69) is 74.4 Å². The quantitative estimate of drug-likeness (QED) is 0.555. The van der Waals surface area contributed by atoms with Crippen LogP contribution in [0.2, 0.25) is 0 Å². The first-order valence-corrected chi connectivity index (χ1v) is 9.68. The molecule has 1 fully saturated rings. The van der Waals surface area contributed by atoms with Crippen LogP contribution in [0, 0.1) is 0 Å². The van der Waals surface area contributed by atoms with Crippen molar-refractivity contribution < 1.29 is 0 Å². The number of imidazole rings is 1. The van der Waals surface area contributed by atoms with Gasteiger partial charge in [-0.05, 0) is 17.7 Å². The molecule has 0 saturated carbocycles. The van der Waals surface area contributed by atoms with Crippen molar-refractivity contribution in [2.45, 2.75) is 12.5 Å². The molecule has 5 rings (SSSR count). The molecule has 0 aliphatic carbocycles. The molecule has 0 spiro atoms. The average molecular weight is 366 g/mol. The Morgan fingerprint density at radius 1 is 0.786 bits per heavy atom. The van der Waals surface area contributed by atoms with Gasteiger partial charge in [0.15, 0.2) is 0 Å². The number of hydrogen-bond donors (Lipinski definition) is 1. The summed E-state index contributed by atoms with van der Waals surface area (Å²) in [5.74, 6) is 1.56. The Hall–Kier alpha value is -3.24. The number of hydrogen-bond acceptors (Lipinski definition) is 3. The van der Waals surface area contributed by atoms with Crippen LogP contribution in [-0.2, 0) is 6.54 Å². The van der Waals surface area contributed by atoms with Crippen molar-refractivity contribution >= 4 is 0 Å². The molecule has 1 aliphatic heterocycles. The van der Waals surface area contributed by atoms with E-state index in [0.717, 1.165) is 48.0 Å². The van der Waals surface area contributed by atoms with Crippen LogP contribution < -0.4 is 0 Å². The molecule has 4 aromatic rings. The average Bonchev–Trinajstić information content (AvgIpc) is 3.21. The van der Waals surface area contributed by atoms with Crippen molar-refractivity contribution in [1.29, 1.82) is 0 Å². The van der Waals surface area contributed by atoms with Crippen LogP contribution in [0.4, 0.5) is 0 Å². The van der Waals surface area contributed by atoms with E-state index in [9.17, 15) is 0 Å². The number of aromatic nitrogens is 3. The monoisotopic (exact) mass is 366 g/mol. The number of H-pyrrole nitrogens is 1. The van der Waals surface area contributed by atoms with Gasteiger partial charge in [-0.3, -0.25) is 9.88 Å². The fraction of sp³-hybridized carbons (Fsp3) is 0.167. The van der Waals surface area contributed by atoms with Crippen molar-refractivity contribution in [2.24, 2.45) is 0 Å². The molecule has 2 aromatic heterocycles. The van der Waals surface area contributed by atoms with Crippen LogP contribution in [-0.4, -0.2) is 32.9 Å². The Bertz CT molecular complexity index is 1030. The second kappa shape index (κ2) is 7.41. The third kappa shape index (κ3) is 3.47. The van der Waals surface area contributed by atoms with Gasteiger partial charge in [0.05, 0.1) is 17.6 Å². The Morgan fingerprint density at radius 2 is 1.54 bits per heavy atom. The number of pyridine rings is 1. The first-order chi connectivity index (χ1) is 13.8. The second-order valence-corrected chi connectivity index (χ2v) is 7.36. The summed E-state index contributed by atoms with van der Waals surface area (Å²) in [5.41, 5.74) is 5.58. The third-order valence-electron chi connectivity index (χ3n) is 5.33. The van der Waals surface area contributed by atoms with Crippen LogP contribution >= 0.6 is 0 Å². The van der Waals surface area contributed by atoms with E-state index in [1.54, 1.807) is 0 Å². The summed E-state index contributed by atoms with van der Waals surface area (Å²) in [6.45, 7) is 3.11. The van der Waals surface area contributed by atoms with E-state index in [-0.39, 0.29) is 0 Å². The zero-order chi connectivity index (χ0) is 18.8. The molecule has 4 nitrogen and oxygen atoms in total. The van der Waals surface area contributed by atoms with Crippen molar-refractivity contribution in [1.82, 2.24) is 19.9 Å². The molecule has 0 unspecified atom stereocenters. The maximum atomic E-state index is 4.63. The minimum absolute atomic E-state index is 0.481. The maximum Gasteiger partial charge on any atom is 0.112 e. The van der Waals surface area contributed by atoms with Gasteiger partial charge in [-0.2, -0.15) is 0 Å². The summed E-state index contributed by atoms with van der Waals surface area (Å²) in [7, 11) is 0. The molecule has 0 bridgehead atoms. The number of likely N-dealkylation sites (tertiary alicyclic amines) is 1. The van der Waals surface area contributed by atoms with Gasteiger partial charge in [0.2, 0.25) is 0 Å². The summed E-state index contributed by atoms with van der Waals surface area (Å²) in [6, 6.07) is 25.0. The number of aromatic amines is 1. The Balaban J connectivity index is 1.23. The second-order valence-electron chi connectivity index (χ2n) is 7.36. The molecule has 1 N–H and O–H groups in total. The van der Waals surface area contributed by atoms with Gasteiger partial charge in [0.25, 0.3) is 0 Å². The lowest BCUT2D eigenvalue weighted by atomic mass is 9.98. The van der Waals surface area contributed by atoms with Crippen LogP contribution in [0.1, 0.15) is 17.3 Å². The van der Waals surface area contributed by atoms with Gasteiger partial charge < -0.3 is 4.98 Å². The number of nitrogens with one attached hydrogen (secondary N) is 1. The van der Waals surface area contributed by atoms with E-state index >= 15 is 0 Å². The highest BCUT2D eigenvalue weighted by molar-refractivity contribution is 5.64. The van der Waals surface area contributed by atoms with Crippen LogP contribution in [0.15, 0.2) is 85.2 Å². The standard InChI is InChI=1S/C24H22N4/c1-3-7-18(8-4-1)15-28-16-21(17-28)24-26-14-23(27-24)20-11-12-22(25-13-20)19-9-5-2-6-10-19/h1-14,21H,15-17H2,(H,26,27). The third-order valence-corrected chi connectivity index (χ3v) is 5.33. The minimum atomic E-state index is 0.481. The molecular weight excluding hydrogens is 344 g/mol. The highest BCUT2D eigenvalue weighted by Crippen LogP contribution is 2.28. The van der Waals surface area contributed by atoms with Crippen LogP contribution in [0.5, 0.6) is 0 Å². The van der Waals surface area contributed by atoms with Gasteiger partial charge in [-0.25, -0.2) is 4.98 Å². The summed E-state index contributed by atoms with van der Waals surface area (Å²) in [4.78, 5) is 15.2. The number of rotatable bonds is 5. The van der Waals surface area contributed by atoms with Crippen LogP contribution in [0.3, 0.4) is 0 Å². The van der Waals surface area contributed by atoms with E-state index in [4.69, 9.17) is 0 Å². The molecule has 138 valence electrons. The number of nitrogens with zero attached hydrogens (tertiary/aromatic N) is 3. The molecule has 0 atom stereocenters. The SMILES string of the molecule is c1ccc(CN2CC(c3ncc(-c4ccc(-c5ccccc5)nc4)[nH]3)C2)cc1. The molecule has 1 aliphatic rings. The Labute approximate surface area is 164 Å². The van der Waals surface area contributed by atoms with Crippen molar-refractivity contribution in [2.75, 3.05) is 13.1 Å². The van der Waals surface area contributed by atoms with E-state index in [1.807, 2.05) is 30.6 Å². The fourth-order valence-corrected chi connectivity index (χ4v) is 3.74. The predicted octanol–water partition coefficient (Wildman–Crippen LogP) is 4.74. The zero-order valence-electron chi connectivity index (χ0n) is 15.6. The summed E-state index contributed by atoms with van der Waals surface area (Å²) in [5, 5.41) is 0. The predicted molar refractivity (Wildman–Crippen MR) is 112 cm³/mol. The molecule has 3 heterocycles. The molecule has 28 heavy (non-hydrogen) atoms. The zero-order valence-corrected chi connectivity index (χ0v) is 15.6.